The van der Waals surface area contributed by atoms with Crippen LogP contribution < -0.4 is 4.90 Å². The minimum Gasteiger partial charge on any atom is -0.396 e. The van der Waals surface area contributed by atoms with E-state index in [4.69, 9.17) is 0 Å². The summed E-state index contributed by atoms with van der Waals surface area (Å²) in [5.74, 6) is 1.06. The first-order valence-corrected chi connectivity index (χ1v) is 11.1. The first kappa shape index (κ1) is 19.1. The van der Waals surface area contributed by atoms with Crippen molar-refractivity contribution in [3.8, 4) is 0 Å². The van der Waals surface area contributed by atoms with E-state index < -0.39 is 0 Å². The molecule has 0 spiro atoms. The van der Waals surface area contributed by atoms with Crippen LogP contribution in [0.2, 0.25) is 0 Å². The van der Waals surface area contributed by atoms with Crippen molar-refractivity contribution in [3.63, 3.8) is 0 Å². The van der Waals surface area contributed by atoms with E-state index in [1.54, 1.807) is 17.7 Å². The van der Waals surface area contributed by atoms with E-state index in [1.807, 2.05) is 0 Å². The van der Waals surface area contributed by atoms with Crippen molar-refractivity contribution >= 4 is 27.4 Å². The molecule has 0 radical (unpaired) electrons. The van der Waals surface area contributed by atoms with Crippen LogP contribution in [0.1, 0.15) is 33.1 Å². The van der Waals surface area contributed by atoms with Gasteiger partial charge in [0.1, 0.15) is 12.1 Å². The van der Waals surface area contributed by atoms with Crippen molar-refractivity contribution in [2.24, 2.45) is 0 Å². The molecule has 2 fully saturated rings. The second kappa shape index (κ2) is 8.39. The van der Waals surface area contributed by atoms with Gasteiger partial charge in [0.2, 0.25) is 0 Å². The normalized spacial score (nSPS) is 23.6. The highest BCUT2D eigenvalue weighted by atomic mass is 32.1. The van der Waals surface area contributed by atoms with Crippen LogP contribution in [-0.2, 0) is 0 Å². The summed E-state index contributed by atoms with van der Waals surface area (Å²) in [6.07, 6.45) is 4.99. The largest absolute Gasteiger partial charge is 0.396 e. The van der Waals surface area contributed by atoms with Crippen molar-refractivity contribution in [1.82, 2.24) is 19.8 Å². The summed E-state index contributed by atoms with van der Waals surface area (Å²) in [5, 5.41) is 11.8. The standard InChI is InChI=1S/C20H31N5OS/c1-15(2)23-7-3-16(4-8-23)25-10-9-24(13-17(25)5-11-26)20-19-18(6-12-27-19)21-14-22-20/h6,12,14-17,26H,3-5,7-11,13H2,1-2H3/t17-/m1/s1. The van der Waals surface area contributed by atoms with Gasteiger partial charge in [-0.3, -0.25) is 4.90 Å². The van der Waals surface area contributed by atoms with E-state index in [0.29, 0.717) is 18.1 Å². The Morgan fingerprint density at radius 3 is 2.74 bits per heavy atom. The molecular weight excluding hydrogens is 358 g/mol. The van der Waals surface area contributed by atoms with Crippen molar-refractivity contribution in [2.45, 2.75) is 51.2 Å². The molecule has 7 heteroatoms. The molecule has 4 heterocycles. The van der Waals surface area contributed by atoms with E-state index in [-0.39, 0.29) is 6.61 Å². The molecule has 6 nitrogen and oxygen atoms in total. The fourth-order valence-corrected chi connectivity index (χ4v) is 5.55. The molecular formula is C20H31N5OS. The third-order valence-corrected chi connectivity index (χ3v) is 7.11. The summed E-state index contributed by atoms with van der Waals surface area (Å²) < 4.78 is 1.18. The van der Waals surface area contributed by atoms with E-state index in [2.05, 4.69) is 50.0 Å². The predicted octanol–water partition coefficient (Wildman–Crippen LogP) is 2.44. The Morgan fingerprint density at radius 1 is 1.19 bits per heavy atom. The zero-order chi connectivity index (χ0) is 18.8. The van der Waals surface area contributed by atoms with E-state index in [1.165, 1.54) is 30.6 Å². The van der Waals surface area contributed by atoms with Gasteiger partial charge in [0.05, 0.1) is 10.2 Å². The molecule has 148 valence electrons. The molecule has 2 aromatic rings. The third kappa shape index (κ3) is 3.97. The number of piperazine rings is 1. The summed E-state index contributed by atoms with van der Waals surface area (Å²) in [6.45, 7) is 10.2. The lowest BCUT2D eigenvalue weighted by Crippen LogP contribution is -2.59. The maximum Gasteiger partial charge on any atom is 0.150 e. The molecule has 0 saturated carbocycles. The van der Waals surface area contributed by atoms with E-state index in [0.717, 1.165) is 37.4 Å². The first-order chi connectivity index (χ1) is 13.2. The van der Waals surface area contributed by atoms with Crippen LogP contribution in [0.15, 0.2) is 17.8 Å². The summed E-state index contributed by atoms with van der Waals surface area (Å²) in [7, 11) is 0. The smallest absolute Gasteiger partial charge is 0.150 e. The van der Waals surface area contributed by atoms with Crippen LogP contribution in [-0.4, -0.2) is 82.3 Å². The second-order valence-corrected chi connectivity index (χ2v) is 8.96. The number of anilines is 1. The molecule has 4 rings (SSSR count). The van der Waals surface area contributed by atoms with Gasteiger partial charge in [-0.05, 0) is 57.6 Å². The Morgan fingerprint density at radius 2 is 2.00 bits per heavy atom. The zero-order valence-corrected chi connectivity index (χ0v) is 17.2. The predicted molar refractivity (Wildman–Crippen MR) is 112 cm³/mol. The molecule has 0 amide bonds. The molecule has 1 N–H and O–H groups in total. The highest BCUT2D eigenvalue weighted by molar-refractivity contribution is 7.17. The van der Waals surface area contributed by atoms with E-state index in [9.17, 15) is 5.11 Å². The third-order valence-electron chi connectivity index (χ3n) is 6.21. The van der Waals surface area contributed by atoms with Crippen LogP contribution in [0.4, 0.5) is 5.82 Å². The number of aliphatic hydroxyl groups is 1. The average molecular weight is 390 g/mol. The monoisotopic (exact) mass is 389 g/mol. The average Bonchev–Trinajstić information content (AvgIpc) is 3.17. The van der Waals surface area contributed by atoms with Gasteiger partial charge in [0.25, 0.3) is 0 Å². The molecule has 0 aromatic carbocycles. The molecule has 2 aliphatic heterocycles. The molecule has 0 unspecified atom stereocenters. The quantitative estimate of drug-likeness (QED) is 0.848. The van der Waals surface area contributed by atoms with Crippen molar-refractivity contribution in [1.29, 1.82) is 0 Å². The number of aromatic nitrogens is 2. The van der Waals surface area contributed by atoms with Gasteiger partial charge in [-0.15, -0.1) is 11.3 Å². The molecule has 27 heavy (non-hydrogen) atoms. The van der Waals surface area contributed by atoms with Crippen molar-refractivity contribution in [3.05, 3.63) is 17.8 Å². The van der Waals surface area contributed by atoms with Crippen LogP contribution in [0.3, 0.4) is 0 Å². The van der Waals surface area contributed by atoms with Crippen LogP contribution >= 0.6 is 11.3 Å². The van der Waals surface area contributed by atoms with Gasteiger partial charge in [-0.2, -0.15) is 0 Å². The molecule has 0 aliphatic carbocycles. The molecule has 2 saturated heterocycles. The maximum absolute atomic E-state index is 9.67. The summed E-state index contributed by atoms with van der Waals surface area (Å²) in [6, 6.07) is 3.74. The molecule has 0 bridgehead atoms. The number of hydrogen-bond donors (Lipinski definition) is 1. The zero-order valence-electron chi connectivity index (χ0n) is 16.4. The number of hydrogen-bond acceptors (Lipinski definition) is 7. The summed E-state index contributed by atoms with van der Waals surface area (Å²) >= 11 is 1.72. The number of aliphatic hydroxyl groups excluding tert-OH is 1. The highest BCUT2D eigenvalue weighted by Crippen LogP contribution is 2.31. The summed E-state index contributed by atoms with van der Waals surface area (Å²) in [4.78, 5) is 16.6. The van der Waals surface area contributed by atoms with Gasteiger partial charge in [-0.1, -0.05) is 0 Å². The number of piperidine rings is 1. The Balaban J connectivity index is 1.47. The Labute approximate surface area is 165 Å². The van der Waals surface area contributed by atoms with Gasteiger partial charge < -0.3 is 14.9 Å². The van der Waals surface area contributed by atoms with Gasteiger partial charge in [-0.25, -0.2) is 9.97 Å². The Hall–Kier alpha value is -1.28. The minimum atomic E-state index is 0.248. The Bertz CT molecular complexity index is 743. The lowest BCUT2D eigenvalue weighted by atomic mass is 9.97. The van der Waals surface area contributed by atoms with Gasteiger partial charge in [0, 0.05) is 44.4 Å². The number of rotatable bonds is 5. The molecule has 1 atom stereocenters. The van der Waals surface area contributed by atoms with E-state index >= 15 is 0 Å². The maximum atomic E-state index is 9.67. The highest BCUT2D eigenvalue weighted by Gasteiger charge is 2.34. The molecule has 2 aliphatic rings. The number of thiophene rings is 1. The lowest BCUT2D eigenvalue weighted by molar-refractivity contribution is 0.0463. The van der Waals surface area contributed by atoms with Crippen LogP contribution in [0.25, 0.3) is 10.2 Å². The van der Waals surface area contributed by atoms with Gasteiger partial charge in [0.15, 0.2) is 0 Å². The minimum absolute atomic E-state index is 0.248. The van der Waals surface area contributed by atoms with Gasteiger partial charge >= 0.3 is 0 Å². The SMILES string of the molecule is CC(C)N1CCC(N2CCN(c3ncnc4ccsc34)C[C@H]2CCO)CC1. The van der Waals surface area contributed by atoms with Crippen molar-refractivity contribution < 1.29 is 5.11 Å². The van der Waals surface area contributed by atoms with Crippen LogP contribution in [0.5, 0.6) is 0 Å². The van der Waals surface area contributed by atoms with Crippen LogP contribution in [0, 0.1) is 0 Å². The number of fused-ring (bicyclic) bond motifs is 1. The molecule has 2 aromatic heterocycles. The first-order valence-electron chi connectivity index (χ1n) is 10.2. The number of nitrogens with zero attached hydrogens (tertiary/aromatic N) is 5. The summed E-state index contributed by atoms with van der Waals surface area (Å²) in [5.41, 5.74) is 1.03. The lowest BCUT2D eigenvalue weighted by Gasteiger charge is -2.48. The topological polar surface area (TPSA) is 55.7 Å². The Kier molecular flexibility index (Phi) is 5.92. The second-order valence-electron chi connectivity index (χ2n) is 8.04. The fourth-order valence-electron chi connectivity index (χ4n) is 4.68. The van der Waals surface area contributed by atoms with Crippen molar-refractivity contribution in [2.75, 3.05) is 44.2 Å². The fraction of sp³-hybridized carbons (Fsp3) is 0.700. The number of likely N-dealkylation sites (tertiary alicyclic amines) is 1.